The summed E-state index contributed by atoms with van der Waals surface area (Å²) in [7, 11) is 1.40. The van der Waals surface area contributed by atoms with Crippen molar-refractivity contribution >= 4 is 22.4 Å². The lowest BCUT2D eigenvalue weighted by atomic mass is 10.1. The zero-order chi connectivity index (χ0) is 20.4. The molecule has 0 aliphatic rings. The summed E-state index contributed by atoms with van der Waals surface area (Å²) < 4.78 is 6.44. The summed E-state index contributed by atoms with van der Waals surface area (Å²) in [5.74, 6) is -0.338. The minimum absolute atomic E-state index is 0.0283. The Bertz CT molecular complexity index is 1260. The lowest BCUT2D eigenvalue weighted by Crippen LogP contribution is -2.26. The molecule has 0 saturated heterocycles. The minimum Gasteiger partial charge on any atom is -0.494 e. The van der Waals surface area contributed by atoms with Crippen LogP contribution in [0, 0.1) is 6.92 Å². The largest absolute Gasteiger partial charge is 0.494 e. The number of aromatic nitrogens is 2. The van der Waals surface area contributed by atoms with Gasteiger partial charge in [0, 0.05) is 11.1 Å². The van der Waals surface area contributed by atoms with Crippen molar-refractivity contribution in [3.05, 3.63) is 94.4 Å². The molecule has 6 nitrogen and oxygen atoms in total. The van der Waals surface area contributed by atoms with E-state index < -0.39 is 5.91 Å². The summed E-state index contributed by atoms with van der Waals surface area (Å²) in [6.45, 7) is 1.96. The van der Waals surface area contributed by atoms with Gasteiger partial charge in [0.25, 0.3) is 11.5 Å². The molecule has 0 bridgehead atoms. The topological polar surface area (TPSA) is 73.2 Å². The van der Waals surface area contributed by atoms with E-state index in [0.717, 1.165) is 16.3 Å². The second-order valence-electron chi connectivity index (χ2n) is 6.63. The summed E-state index contributed by atoms with van der Waals surface area (Å²) >= 11 is 0. The number of methoxy groups -OCH3 is 1. The highest BCUT2D eigenvalue weighted by Crippen LogP contribution is 2.24. The SMILES string of the molecule is COc1cc(=O)n(-c2ccc(C)cc2)nc1C(=O)Nc1cccc2ccccc12. The number of carbonyl (C=O) groups is 1. The van der Waals surface area contributed by atoms with Crippen molar-refractivity contribution in [2.75, 3.05) is 12.4 Å². The maximum Gasteiger partial charge on any atom is 0.280 e. The molecule has 4 rings (SSSR count). The molecule has 6 heteroatoms. The van der Waals surface area contributed by atoms with Gasteiger partial charge in [-0.3, -0.25) is 9.59 Å². The Morgan fingerprint density at radius 2 is 1.72 bits per heavy atom. The number of nitrogens with one attached hydrogen (secondary N) is 1. The predicted molar refractivity (Wildman–Crippen MR) is 113 cm³/mol. The number of nitrogens with zero attached hydrogens (tertiary/aromatic N) is 2. The Morgan fingerprint density at radius 1 is 1.00 bits per heavy atom. The van der Waals surface area contributed by atoms with Crippen molar-refractivity contribution < 1.29 is 9.53 Å². The van der Waals surface area contributed by atoms with Gasteiger partial charge in [0.2, 0.25) is 0 Å². The van der Waals surface area contributed by atoms with E-state index in [1.807, 2.05) is 61.5 Å². The normalized spacial score (nSPS) is 10.7. The first-order valence-corrected chi connectivity index (χ1v) is 9.11. The minimum atomic E-state index is -0.459. The smallest absolute Gasteiger partial charge is 0.280 e. The molecule has 0 saturated carbocycles. The molecular weight excluding hydrogens is 366 g/mol. The van der Waals surface area contributed by atoms with Gasteiger partial charge in [-0.05, 0) is 30.5 Å². The Hall–Kier alpha value is -3.93. The van der Waals surface area contributed by atoms with Crippen LogP contribution >= 0.6 is 0 Å². The van der Waals surface area contributed by atoms with Crippen LogP contribution < -0.4 is 15.6 Å². The third-order valence-corrected chi connectivity index (χ3v) is 4.65. The van der Waals surface area contributed by atoms with E-state index in [0.29, 0.717) is 11.4 Å². The van der Waals surface area contributed by atoms with Crippen LogP contribution in [0.3, 0.4) is 0 Å². The van der Waals surface area contributed by atoms with Crippen LogP contribution in [0.4, 0.5) is 5.69 Å². The Balaban J connectivity index is 1.76. The molecule has 1 heterocycles. The standard InChI is InChI=1S/C23H19N3O3/c1-15-10-12-17(13-11-15)26-21(27)14-20(29-2)22(25-26)23(28)24-19-9-5-7-16-6-3-4-8-18(16)19/h3-14H,1-2H3,(H,24,28). The number of carbonyl (C=O) groups excluding carboxylic acids is 1. The lowest BCUT2D eigenvalue weighted by molar-refractivity contribution is 0.101. The van der Waals surface area contributed by atoms with Gasteiger partial charge in [-0.2, -0.15) is 9.78 Å². The lowest BCUT2D eigenvalue weighted by Gasteiger charge is -2.12. The number of rotatable bonds is 4. The van der Waals surface area contributed by atoms with Crippen LogP contribution in [-0.2, 0) is 0 Å². The molecule has 1 aromatic heterocycles. The Kier molecular flexibility index (Phi) is 4.83. The van der Waals surface area contributed by atoms with Gasteiger partial charge in [0.05, 0.1) is 18.9 Å². The van der Waals surface area contributed by atoms with Crippen LogP contribution in [-0.4, -0.2) is 22.8 Å². The van der Waals surface area contributed by atoms with Crippen LogP contribution in [0.1, 0.15) is 16.1 Å². The molecule has 0 radical (unpaired) electrons. The van der Waals surface area contributed by atoms with E-state index in [9.17, 15) is 9.59 Å². The molecule has 29 heavy (non-hydrogen) atoms. The van der Waals surface area contributed by atoms with Gasteiger partial charge in [0.1, 0.15) is 0 Å². The molecular formula is C23H19N3O3. The number of aryl methyl sites for hydroxylation is 1. The van der Waals surface area contributed by atoms with E-state index in [1.165, 1.54) is 17.9 Å². The Labute approximate surface area is 167 Å². The van der Waals surface area contributed by atoms with Gasteiger partial charge < -0.3 is 10.1 Å². The fraction of sp³-hybridized carbons (Fsp3) is 0.0870. The molecule has 144 valence electrons. The third-order valence-electron chi connectivity index (χ3n) is 4.65. The molecule has 0 aliphatic heterocycles. The first kappa shape index (κ1) is 18.4. The molecule has 3 aromatic carbocycles. The average Bonchev–Trinajstić information content (AvgIpc) is 2.74. The summed E-state index contributed by atoms with van der Waals surface area (Å²) in [5.41, 5.74) is 1.93. The number of hydrogen-bond acceptors (Lipinski definition) is 4. The number of amides is 1. The molecule has 0 unspecified atom stereocenters. The van der Waals surface area contributed by atoms with E-state index in [-0.39, 0.29) is 17.0 Å². The van der Waals surface area contributed by atoms with Crippen LogP contribution in [0.5, 0.6) is 5.75 Å². The number of benzene rings is 3. The van der Waals surface area contributed by atoms with Crippen LogP contribution in [0.15, 0.2) is 77.6 Å². The highest BCUT2D eigenvalue weighted by molar-refractivity contribution is 6.09. The quantitative estimate of drug-likeness (QED) is 0.577. The highest BCUT2D eigenvalue weighted by Gasteiger charge is 2.19. The fourth-order valence-corrected chi connectivity index (χ4v) is 3.14. The highest BCUT2D eigenvalue weighted by atomic mass is 16.5. The first-order chi connectivity index (χ1) is 14.1. The van der Waals surface area contributed by atoms with Crippen molar-refractivity contribution in [2.24, 2.45) is 0 Å². The van der Waals surface area contributed by atoms with E-state index >= 15 is 0 Å². The van der Waals surface area contributed by atoms with E-state index in [1.54, 1.807) is 12.1 Å². The summed E-state index contributed by atoms with van der Waals surface area (Å²) in [6, 6.07) is 22.0. The maximum atomic E-state index is 13.0. The second-order valence-corrected chi connectivity index (χ2v) is 6.63. The van der Waals surface area contributed by atoms with Crippen molar-refractivity contribution in [3.63, 3.8) is 0 Å². The number of anilines is 1. The van der Waals surface area contributed by atoms with Gasteiger partial charge in [-0.25, -0.2) is 0 Å². The molecule has 0 atom stereocenters. The molecule has 0 fully saturated rings. The van der Waals surface area contributed by atoms with Gasteiger partial charge in [0.15, 0.2) is 11.4 Å². The number of fused-ring (bicyclic) bond motifs is 1. The van der Waals surface area contributed by atoms with Crippen molar-refractivity contribution in [1.29, 1.82) is 0 Å². The Morgan fingerprint density at radius 3 is 2.48 bits per heavy atom. The van der Waals surface area contributed by atoms with Crippen molar-refractivity contribution in [3.8, 4) is 11.4 Å². The first-order valence-electron chi connectivity index (χ1n) is 9.11. The fourth-order valence-electron chi connectivity index (χ4n) is 3.14. The van der Waals surface area contributed by atoms with Crippen molar-refractivity contribution in [2.45, 2.75) is 6.92 Å². The monoisotopic (exact) mass is 385 g/mol. The van der Waals surface area contributed by atoms with Gasteiger partial charge >= 0.3 is 0 Å². The van der Waals surface area contributed by atoms with Crippen molar-refractivity contribution in [1.82, 2.24) is 9.78 Å². The zero-order valence-electron chi connectivity index (χ0n) is 16.0. The molecule has 0 spiro atoms. The molecule has 0 aliphatic carbocycles. The zero-order valence-corrected chi connectivity index (χ0v) is 16.0. The van der Waals surface area contributed by atoms with Crippen LogP contribution in [0.25, 0.3) is 16.5 Å². The summed E-state index contributed by atoms with van der Waals surface area (Å²) in [4.78, 5) is 25.5. The van der Waals surface area contributed by atoms with E-state index in [4.69, 9.17) is 4.74 Å². The maximum absolute atomic E-state index is 13.0. The van der Waals surface area contributed by atoms with Gasteiger partial charge in [-0.15, -0.1) is 0 Å². The second kappa shape index (κ2) is 7.59. The number of hydrogen-bond donors (Lipinski definition) is 1. The number of ether oxygens (including phenoxy) is 1. The summed E-state index contributed by atoms with van der Waals surface area (Å²) in [5, 5.41) is 9.09. The molecule has 1 amide bonds. The van der Waals surface area contributed by atoms with Crippen LogP contribution in [0.2, 0.25) is 0 Å². The molecule has 1 N–H and O–H groups in total. The predicted octanol–water partition coefficient (Wildman–Crippen LogP) is 3.96. The summed E-state index contributed by atoms with van der Waals surface area (Å²) in [6.07, 6.45) is 0. The third kappa shape index (κ3) is 3.60. The van der Waals surface area contributed by atoms with Gasteiger partial charge in [-0.1, -0.05) is 54.1 Å². The van der Waals surface area contributed by atoms with E-state index in [2.05, 4.69) is 10.4 Å². The average molecular weight is 385 g/mol. The molecule has 4 aromatic rings.